The number of pyridine rings is 1. The molecule has 2 heterocycles. The summed E-state index contributed by atoms with van der Waals surface area (Å²) in [5.74, 6) is 0. The number of aromatic nitrogens is 1. The summed E-state index contributed by atoms with van der Waals surface area (Å²) in [5, 5.41) is 4.54. The van der Waals surface area contributed by atoms with Crippen LogP contribution >= 0.6 is 0 Å². The van der Waals surface area contributed by atoms with Gasteiger partial charge in [0.05, 0.1) is 16.4 Å². The minimum atomic E-state index is -0.360. The highest BCUT2D eigenvalue weighted by atomic mass is 16.4. The van der Waals surface area contributed by atoms with E-state index in [-0.39, 0.29) is 5.63 Å². The van der Waals surface area contributed by atoms with Gasteiger partial charge in [0, 0.05) is 16.3 Å². The molecule has 0 radical (unpaired) electrons. The summed E-state index contributed by atoms with van der Waals surface area (Å²) in [6.45, 7) is 2.06. The summed E-state index contributed by atoms with van der Waals surface area (Å²) in [6, 6.07) is 28.2. The van der Waals surface area contributed by atoms with E-state index in [9.17, 15) is 4.79 Å². The Hall–Kier alpha value is -3.98. The van der Waals surface area contributed by atoms with Crippen LogP contribution in [0.3, 0.4) is 0 Å². The number of hydrogen-bond acceptors (Lipinski definition) is 3. The van der Waals surface area contributed by atoms with Crippen molar-refractivity contribution in [3.05, 3.63) is 101 Å². The summed E-state index contributed by atoms with van der Waals surface area (Å²) in [7, 11) is 0. The molecule has 0 aliphatic heterocycles. The van der Waals surface area contributed by atoms with E-state index in [4.69, 9.17) is 9.40 Å². The Morgan fingerprint density at radius 1 is 0.733 bits per heavy atom. The smallest absolute Gasteiger partial charge is 0.346 e. The average Bonchev–Trinajstić information content (AvgIpc) is 2.78. The molecule has 0 aliphatic rings. The van der Waals surface area contributed by atoms with Gasteiger partial charge in [0.2, 0.25) is 0 Å². The standard InChI is InChI=1S/C27H17NO2/c1-16-10-12-18(13-11-16)23-24-19-7-3-2-6-17(19)14-15-21(24)28-26-20-8-4-5-9-22(20)30-27(29)25(23)26/h2-15H,1H3. The van der Waals surface area contributed by atoms with Gasteiger partial charge in [-0.2, -0.15) is 0 Å². The fraction of sp³-hybridized carbons (Fsp3) is 0.0370. The fourth-order valence-electron chi connectivity index (χ4n) is 4.34. The van der Waals surface area contributed by atoms with Crippen LogP contribution in [0.4, 0.5) is 0 Å². The zero-order valence-corrected chi connectivity index (χ0v) is 16.3. The molecule has 0 saturated carbocycles. The van der Waals surface area contributed by atoms with Crippen LogP contribution in [0.15, 0.2) is 94.1 Å². The van der Waals surface area contributed by atoms with E-state index in [0.29, 0.717) is 16.5 Å². The molecule has 0 atom stereocenters. The van der Waals surface area contributed by atoms with Crippen molar-refractivity contribution in [3.8, 4) is 11.1 Å². The molecular formula is C27H17NO2. The topological polar surface area (TPSA) is 43.1 Å². The molecule has 3 heteroatoms. The predicted molar refractivity (Wildman–Crippen MR) is 123 cm³/mol. The van der Waals surface area contributed by atoms with Crippen LogP contribution in [-0.2, 0) is 0 Å². The van der Waals surface area contributed by atoms with Gasteiger partial charge >= 0.3 is 5.63 Å². The van der Waals surface area contributed by atoms with Gasteiger partial charge in [-0.05, 0) is 41.5 Å². The second-order valence-corrected chi connectivity index (χ2v) is 7.64. The molecule has 0 N–H and O–H groups in total. The summed E-state index contributed by atoms with van der Waals surface area (Å²) >= 11 is 0. The van der Waals surface area contributed by atoms with Crippen LogP contribution in [0.2, 0.25) is 0 Å². The molecule has 6 aromatic rings. The molecule has 3 nitrogen and oxygen atoms in total. The van der Waals surface area contributed by atoms with Crippen LogP contribution < -0.4 is 5.63 Å². The maximum atomic E-state index is 13.2. The van der Waals surface area contributed by atoms with E-state index in [1.54, 1.807) is 0 Å². The Morgan fingerprint density at radius 2 is 1.47 bits per heavy atom. The monoisotopic (exact) mass is 387 g/mol. The minimum absolute atomic E-state index is 0.360. The molecule has 142 valence electrons. The van der Waals surface area contributed by atoms with Gasteiger partial charge in [-0.25, -0.2) is 9.78 Å². The number of hydrogen-bond donors (Lipinski definition) is 0. The van der Waals surface area contributed by atoms with Crippen molar-refractivity contribution in [2.75, 3.05) is 0 Å². The van der Waals surface area contributed by atoms with E-state index in [1.807, 2.05) is 42.5 Å². The Morgan fingerprint density at radius 3 is 2.30 bits per heavy atom. The van der Waals surface area contributed by atoms with Crippen LogP contribution in [0, 0.1) is 6.92 Å². The Balaban J connectivity index is 1.95. The van der Waals surface area contributed by atoms with Crippen LogP contribution in [-0.4, -0.2) is 4.98 Å². The number of para-hydroxylation sites is 1. The van der Waals surface area contributed by atoms with E-state index in [2.05, 4.69) is 49.4 Å². The SMILES string of the molecule is Cc1ccc(-c2c3c(=O)oc4ccccc4c3nc3ccc4ccccc4c23)cc1. The van der Waals surface area contributed by atoms with Crippen molar-refractivity contribution in [1.82, 2.24) is 4.98 Å². The molecule has 0 unspecified atom stereocenters. The van der Waals surface area contributed by atoms with Crippen LogP contribution in [0.25, 0.3) is 54.7 Å². The molecule has 2 aromatic heterocycles. The van der Waals surface area contributed by atoms with E-state index >= 15 is 0 Å². The largest absolute Gasteiger partial charge is 0.422 e. The number of nitrogens with zero attached hydrogens (tertiary/aromatic N) is 1. The van der Waals surface area contributed by atoms with E-state index < -0.39 is 0 Å². The summed E-state index contributed by atoms with van der Waals surface area (Å²) in [5.41, 5.74) is 4.78. The first-order chi connectivity index (χ1) is 14.7. The highest BCUT2D eigenvalue weighted by molar-refractivity contribution is 6.22. The molecule has 4 aromatic carbocycles. The van der Waals surface area contributed by atoms with Crippen LogP contribution in [0.5, 0.6) is 0 Å². The summed E-state index contributed by atoms with van der Waals surface area (Å²) in [6.07, 6.45) is 0. The van der Waals surface area contributed by atoms with Gasteiger partial charge in [-0.3, -0.25) is 0 Å². The van der Waals surface area contributed by atoms with Crippen LogP contribution in [0.1, 0.15) is 5.56 Å². The van der Waals surface area contributed by atoms with Crippen molar-refractivity contribution >= 4 is 43.5 Å². The maximum absolute atomic E-state index is 13.2. The fourth-order valence-corrected chi connectivity index (χ4v) is 4.34. The third kappa shape index (κ3) is 2.39. The molecule has 0 bridgehead atoms. The second-order valence-electron chi connectivity index (χ2n) is 7.64. The van der Waals surface area contributed by atoms with Crippen molar-refractivity contribution in [3.63, 3.8) is 0 Å². The quantitative estimate of drug-likeness (QED) is 0.181. The normalized spacial score (nSPS) is 11.6. The number of benzene rings is 4. The molecule has 0 aliphatic carbocycles. The molecule has 0 spiro atoms. The molecule has 30 heavy (non-hydrogen) atoms. The van der Waals surface area contributed by atoms with Gasteiger partial charge < -0.3 is 4.42 Å². The lowest BCUT2D eigenvalue weighted by Gasteiger charge is -2.14. The van der Waals surface area contributed by atoms with Crippen molar-refractivity contribution in [2.45, 2.75) is 6.92 Å². The van der Waals surface area contributed by atoms with Gasteiger partial charge in [-0.15, -0.1) is 0 Å². The maximum Gasteiger partial charge on any atom is 0.346 e. The van der Waals surface area contributed by atoms with Crippen molar-refractivity contribution in [2.24, 2.45) is 0 Å². The number of fused-ring (bicyclic) bond motifs is 6. The average molecular weight is 387 g/mol. The predicted octanol–water partition coefficient (Wildman–Crippen LogP) is 6.62. The zero-order valence-electron chi connectivity index (χ0n) is 16.3. The molecule has 0 saturated heterocycles. The summed E-state index contributed by atoms with van der Waals surface area (Å²) < 4.78 is 5.73. The highest BCUT2D eigenvalue weighted by Crippen LogP contribution is 2.39. The van der Waals surface area contributed by atoms with E-state index in [0.717, 1.165) is 38.2 Å². The number of aryl methyl sites for hydroxylation is 1. The van der Waals surface area contributed by atoms with Gasteiger partial charge in [-0.1, -0.05) is 72.3 Å². The number of rotatable bonds is 1. The Bertz CT molecular complexity index is 1660. The third-order valence-corrected chi connectivity index (χ3v) is 5.77. The molecule has 0 fully saturated rings. The molecular weight excluding hydrogens is 370 g/mol. The Labute approximate surface area is 172 Å². The van der Waals surface area contributed by atoms with E-state index in [1.165, 1.54) is 5.56 Å². The first-order valence-electron chi connectivity index (χ1n) is 9.95. The zero-order chi connectivity index (χ0) is 20.2. The first-order valence-corrected chi connectivity index (χ1v) is 9.95. The first kappa shape index (κ1) is 16.9. The summed E-state index contributed by atoms with van der Waals surface area (Å²) in [4.78, 5) is 18.2. The lowest BCUT2D eigenvalue weighted by Crippen LogP contribution is -2.04. The third-order valence-electron chi connectivity index (χ3n) is 5.77. The molecule has 0 amide bonds. The lowest BCUT2D eigenvalue weighted by atomic mass is 9.92. The lowest BCUT2D eigenvalue weighted by molar-refractivity contribution is 0.569. The van der Waals surface area contributed by atoms with Crippen molar-refractivity contribution in [1.29, 1.82) is 0 Å². The van der Waals surface area contributed by atoms with Gasteiger partial charge in [0.1, 0.15) is 5.58 Å². The highest BCUT2D eigenvalue weighted by Gasteiger charge is 2.19. The van der Waals surface area contributed by atoms with Gasteiger partial charge in [0.25, 0.3) is 0 Å². The minimum Gasteiger partial charge on any atom is -0.422 e. The Kier molecular flexibility index (Phi) is 3.53. The second kappa shape index (κ2) is 6.26. The van der Waals surface area contributed by atoms with Crippen molar-refractivity contribution < 1.29 is 4.42 Å². The van der Waals surface area contributed by atoms with Gasteiger partial charge in [0.15, 0.2) is 0 Å². The molecule has 6 rings (SSSR count).